The molecule has 0 spiro atoms. The van der Waals surface area contributed by atoms with Crippen molar-refractivity contribution in [3.63, 3.8) is 0 Å². The first-order valence-electron chi connectivity index (χ1n) is 8.33. The van der Waals surface area contributed by atoms with E-state index >= 15 is 0 Å². The van der Waals surface area contributed by atoms with E-state index in [0.717, 1.165) is 17.0 Å². The van der Waals surface area contributed by atoms with Crippen LogP contribution in [-0.2, 0) is 0 Å². The van der Waals surface area contributed by atoms with Gasteiger partial charge in [-0.25, -0.2) is 4.39 Å². The number of nitrogens with one attached hydrogen (secondary N) is 2. The number of ether oxygens (including phenoxy) is 1. The molecule has 2 aromatic carbocycles. The Balaban J connectivity index is 2.14. The van der Waals surface area contributed by atoms with E-state index in [1.54, 1.807) is 19.2 Å². The standard InChI is InChI=1S/C20H25FN2OS/c1-12(2)17-11-18(13(3)10-19(17)24-5)14(4)22-20(25)23-16-8-6-15(21)7-9-16/h6-12,14H,1-5H3,(H2,22,23,25)/t14-/m1/s1. The van der Waals surface area contributed by atoms with Gasteiger partial charge in [0.15, 0.2) is 5.11 Å². The molecule has 0 aliphatic rings. The van der Waals surface area contributed by atoms with Crippen molar-refractivity contribution in [3.05, 3.63) is 58.9 Å². The van der Waals surface area contributed by atoms with Crippen LogP contribution in [0.2, 0.25) is 0 Å². The van der Waals surface area contributed by atoms with E-state index in [9.17, 15) is 4.39 Å². The molecule has 0 fully saturated rings. The van der Waals surface area contributed by atoms with E-state index in [1.807, 2.05) is 0 Å². The number of benzene rings is 2. The van der Waals surface area contributed by atoms with Crippen LogP contribution in [0.5, 0.6) is 5.75 Å². The van der Waals surface area contributed by atoms with Gasteiger partial charge in [0.25, 0.3) is 0 Å². The average Bonchev–Trinajstić information content (AvgIpc) is 2.56. The lowest BCUT2D eigenvalue weighted by atomic mass is 9.93. The van der Waals surface area contributed by atoms with Gasteiger partial charge in [0.2, 0.25) is 0 Å². The fourth-order valence-electron chi connectivity index (χ4n) is 2.79. The van der Waals surface area contributed by atoms with E-state index in [4.69, 9.17) is 17.0 Å². The topological polar surface area (TPSA) is 33.3 Å². The van der Waals surface area contributed by atoms with Crippen molar-refractivity contribution in [2.75, 3.05) is 12.4 Å². The summed E-state index contributed by atoms with van der Waals surface area (Å²) in [7, 11) is 1.70. The summed E-state index contributed by atoms with van der Waals surface area (Å²) in [6.07, 6.45) is 0. The maximum atomic E-state index is 13.0. The lowest BCUT2D eigenvalue weighted by Gasteiger charge is -2.22. The lowest BCUT2D eigenvalue weighted by Crippen LogP contribution is -2.31. The molecular weight excluding hydrogens is 335 g/mol. The second-order valence-corrected chi connectivity index (χ2v) is 6.84. The summed E-state index contributed by atoms with van der Waals surface area (Å²) in [4.78, 5) is 0. The Morgan fingerprint density at radius 2 is 1.72 bits per heavy atom. The normalized spacial score (nSPS) is 12.0. The zero-order chi connectivity index (χ0) is 18.6. The summed E-state index contributed by atoms with van der Waals surface area (Å²) in [5.41, 5.74) is 4.24. The first-order valence-corrected chi connectivity index (χ1v) is 8.74. The van der Waals surface area contributed by atoms with Crippen LogP contribution in [0.25, 0.3) is 0 Å². The quantitative estimate of drug-likeness (QED) is 0.708. The zero-order valence-electron chi connectivity index (χ0n) is 15.3. The van der Waals surface area contributed by atoms with Crippen molar-refractivity contribution in [2.24, 2.45) is 0 Å². The predicted octanol–water partition coefficient (Wildman–Crippen LogP) is 5.31. The van der Waals surface area contributed by atoms with Gasteiger partial charge in [0.05, 0.1) is 13.2 Å². The van der Waals surface area contributed by atoms with Crippen LogP contribution in [0.4, 0.5) is 10.1 Å². The Labute approximate surface area is 154 Å². The van der Waals surface area contributed by atoms with Crippen LogP contribution in [0.15, 0.2) is 36.4 Å². The van der Waals surface area contributed by atoms with Crippen molar-refractivity contribution in [1.29, 1.82) is 0 Å². The minimum atomic E-state index is -0.270. The molecule has 0 amide bonds. The van der Waals surface area contributed by atoms with Crippen LogP contribution in [0, 0.1) is 12.7 Å². The van der Waals surface area contributed by atoms with E-state index in [-0.39, 0.29) is 11.9 Å². The monoisotopic (exact) mass is 360 g/mol. The summed E-state index contributed by atoms with van der Waals surface area (Å²) < 4.78 is 18.5. The molecule has 0 bridgehead atoms. The first kappa shape index (κ1) is 19.2. The number of methoxy groups -OCH3 is 1. The number of aryl methyl sites for hydroxylation is 1. The van der Waals surface area contributed by atoms with Gasteiger partial charge in [-0.3, -0.25) is 0 Å². The summed E-state index contributed by atoms with van der Waals surface area (Å²) in [5, 5.41) is 6.87. The Morgan fingerprint density at radius 3 is 2.28 bits per heavy atom. The molecule has 0 aliphatic carbocycles. The Bertz CT molecular complexity index is 744. The van der Waals surface area contributed by atoms with Crippen molar-refractivity contribution in [3.8, 4) is 5.75 Å². The highest BCUT2D eigenvalue weighted by Crippen LogP contribution is 2.32. The first-order chi connectivity index (χ1) is 11.8. The van der Waals surface area contributed by atoms with Crippen LogP contribution >= 0.6 is 12.2 Å². The second-order valence-electron chi connectivity index (χ2n) is 6.43. The van der Waals surface area contributed by atoms with Gasteiger partial charge in [0, 0.05) is 5.69 Å². The number of hydrogen-bond donors (Lipinski definition) is 2. The van der Waals surface area contributed by atoms with Crippen molar-refractivity contribution >= 4 is 23.0 Å². The van der Waals surface area contributed by atoms with Gasteiger partial charge < -0.3 is 15.4 Å². The number of hydrogen-bond acceptors (Lipinski definition) is 2. The third-order valence-corrected chi connectivity index (χ3v) is 4.38. The SMILES string of the molecule is COc1cc(C)c([C@@H](C)NC(=S)Nc2ccc(F)cc2)cc1C(C)C. The fraction of sp³-hybridized carbons (Fsp3) is 0.350. The number of thiocarbonyl (C=S) groups is 1. The van der Waals surface area contributed by atoms with Crippen molar-refractivity contribution in [2.45, 2.75) is 39.7 Å². The van der Waals surface area contributed by atoms with Crippen molar-refractivity contribution < 1.29 is 9.13 Å². The third kappa shape index (κ3) is 4.92. The number of rotatable bonds is 5. The molecule has 0 aromatic heterocycles. The number of halogens is 1. The molecule has 25 heavy (non-hydrogen) atoms. The van der Waals surface area contributed by atoms with Crippen LogP contribution < -0.4 is 15.4 Å². The second kappa shape index (κ2) is 8.30. The third-order valence-electron chi connectivity index (χ3n) is 4.16. The van der Waals surface area contributed by atoms with Gasteiger partial charge in [-0.2, -0.15) is 0 Å². The lowest BCUT2D eigenvalue weighted by molar-refractivity contribution is 0.406. The van der Waals surface area contributed by atoms with Gasteiger partial charge in [0.1, 0.15) is 11.6 Å². The molecule has 134 valence electrons. The molecule has 2 N–H and O–H groups in total. The summed E-state index contributed by atoms with van der Waals surface area (Å²) in [5.74, 6) is 1.01. The molecule has 1 atom stereocenters. The molecule has 3 nitrogen and oxygen atoms in total. The van der Waals surface area contributed by atoms with Crippen LogP contribution in [0.3, 0.4) is 0 Å². The summed E-state index contributed by atoms with van der Waals surface area (Å²) in [6, 6.07) is 10.4. The van der Waals surface area contributed by atoms with E-state index in [1.165, 1.54) is 23.3 Å². The largest absolute Gasteiger partial charge is 0.496 e. The zero-order valence-corrected chi connectivity index (χ0v) is 16.1. The molecule has 0 saturated carbocycles. The maximum Gasteiger partial charge on any atom is 0.171 e. The molecule has 5 heteroatoms. The summed E-state index contributed by atoms with van der Waals surface area (Å²) >= 11 is 5.38. The molecule has 0 heterocycles. The smallest absolute Gasteiger partial charge is 0.171 e. The van der Waals surface area contributed by atoms with E-state index in [2.05, 4.69) is 50.5 Å². The molecule has 2 aromatic rings. The molecule has 0 radical (unpaired) electrons. The molecular formula is C20H25FN2OS. The van der Waals surface area contributed by atoms with Crippen LogP contribution in [0.1, 0.15) is 49.4 Å². The maximum absolute atomic E-state index is 13.0. The molecule has 2 rings (SSSR count). The Hall–Kier alpha value is -2.14. The minimum Gasteiger partial charge on any atom is -0.496 e. The highest BCUT2D eigenvalue weighted by Gasteiger charge is 2.16. The van der Waals surface area contributed by atoms with Crippen LogP contribution in [-0.4, -0.2) is 12.2 Å². The minimum absolute atomic E-state index is 0.0313. The molecule has 0 saturated heterocycles. The van der Waals surface area contributed by atoms with Gasteiger partial charge in [-0.05, 0) is 85.1 Å². The fourth-order valence-corrected chi connectivity index (χ4v) is 3.08. The molecule has 0 unspecified atom stereocenters. The number of anilines is 1. The van der Waals surface area contributed by atoms with Gasteiger partial charge >= 0.3 is 0 Å². The molecule has 0 aliphatic heterocycles. The Kier molecular flexibility index (Phi) is 6.37. The average molecular weight is 360 g/mol. The van der Waals surface area contributed by atoms with Gasteiger partial charge in [-0.15, -0.1) is 0 Å². The Morgan fingerprint density at radius 1 is 1.08 bits per heavy atom. The highest BCUT2D eigenvalue weighted by molar-refractivity contribution is 7.80. The van der Waals surface area contributed by atoms with E-state index in [0.29, 0.717) is 11.0 Å². The summed E-state index contributed by atoms with van der Waals surface area (Å²) in [6.45, 7) is 8.43. The highest BCUT2D eigenvalue weighted by atomic mass is 32.1. The van der Waals surface area contributed by atoms with E-state index < -0.39 is 0 Å². The predicted molar refractivity (Wildman–Crippen MR) is 106 cm³/mol. The van der Waals surface area contributed by atoms with Crippen molar-refractivity contribution in [1.82, 2.24) is 5.32 Å². The van der Waals surface area contributed by atoms with Gasteiger partial charge in [-0.1, -0.05) is 13.8 Å².